The maximum absolute atomic E-state index is 6.11. The monoisotopic (exact) mass is 420 g/mol. The minimum Gasteiger partial charge on any atom is -0.381 e. The molecule has 0 aromatic carbocycles. The van der Waals surface area contributed by atoms with Crippen LogP contribution in [-0.2, 0) is 4.74 Å². The van der Waals surface area contributed by atoms with Gasteiger partial charge in [-0.3, -0.25) is 0 Å². The Morgan fingerprint density at radius 2 is 0.567 bits per heavy atom. The summed E-state index contributed by atoms with van der Waals surface area (Å²) in [5.74, 6) is 1.92. The molecule has 2 aliphatic rings. The molecule has 1 unspecified atom stereocenters. The van der Waals surface area contributed by atoms with E-state index < -0.39 is 0 Å². The molecule has 178 valence electrons. The summed E-state index contributed by atoms with van der Waals surface area (Å²) in [6, 6.07) is 0. The van der Waals surface area contributed by atoms with Crippen LogP contribution in [-0.4, -0.2) is 13.2 Å². The molecular weight excluding hydrogens is 364 g/mol. The van der Waals surface area contributed by atoms with Gasteiger partial charge in [-0.2, -0.15) is 0 Å². The summed E-state index contributed by atoms with van der Waals surface area (Å²) in [4.78, 5) is 0. The van der Waals surface area contributed by atoms with Crippen LogP contribution in [0.3, 0.4) is 0 Å². The topological polar surface area (TPSA) is 9.23 Å². The number of rotatable bonds is 1. The Balaban J connectivity index is 1.83. The summed E-state index contributed by atoms with van der Waals surface area (Å²) in [6.07, 6.45) is 36.6. The third kappa shape index (κ3) is 14.1. The second-order valence-electron chi connectivity index (χ2n) is 10.7. The molecule has 1 saturated carbocycles. The van der Waals surface area contributed by atoms with Crippen molar-refractivity contribution in [3.8, 4) is 0 Å². The lowest BCUT2D eigenvalue weighted by Gasteiger charge is -2.28. The molecule has 0 radical (unpaired) electrons. The van der Waals surface area contributed by atoms with Crippen molar-refractivity contribution in [1.29, 1.82) is 0 Å². The smallest absolute Gasteiger partial charge is 0.0468 e. The Bertz CT molecular complexity index is 286. The van der Waals surface area contributed by atoms with Crippen LogP contribution in [0, 0.1) is 11.8 Å². The molecule has 1 saturated heterocycles. The molecule has 0 N–H and O–H groups in total. The highest BCUT2D eigenvalue weighted by Crippen LogP contribution is 2.32. The number of hydrogen-bond donors (Lipinski definition) is 0. The molecule has 1 atom stereocenters. The van der Waals surface area contributed by atoms with Crippen LogP contribution in [0.25, 0.3) is 0 Å². The van der Waals surface area contributed by atoms with Crippen LogP contribution >= 0.6 is 0 Å². The first-order chi connectivity index (χ1) is 15.0. The zero-order valence-electron chi connectivity index (χ0n) is 20.7. The van der Waals surface area contributed by atoms with Crippen molar-refractivity contribution in [1.82, 2.24) is 0 Å². The van der Waals surface area contributed by atoms with E-state index in [9.17, 15) is 0 Å². The fourth-order valence-corrected chi connectivity index (χ4v) is 6.00. The van der Waals surface area contributed by atoms with Crippen LogP contribution in [0.2, 0.25) is 0 Å². The first-order valence-electron chi connectivity index (χ1n) is 14.5. The van der Waals surface area contributed by atoms with Crippen LogP contribution in [0.4, 0.5) is 0 Å². The fraction of sp³-hybridized carbons (Fsp3) is 1.00. The van der Waals surface area contributed by atoms with E-state index in [4.69, 9.17) is 4.74 Å². The van der Waals surface area contributed by atoms with Gasteiger partial charge >= 0.3 is 0 Å². The predicted octanol–water partition coefficient (Wildman–Crippen LogP) is 10.0. The maximum atomic E-state index is 6.11. The molecule has 0 aromatic heterocycles. The van der Waals surface area contributed by atoms with Gasteiger partial charge in [0.1, 0.15) is 0 Å². The largest absolute Gasteiger partial charge is 0.381 e. The van der Waals surface area contributed by atoms with Gasteiger partial charge in [-0.05, 0) is 24.7 Å². The lowest BCUT2D eigenvalue weighted by atomic mass is 9.79. The summed E-state index contributed by atoms with van der Waals surface area (Å²) >= 11 is 0. The van der Waals surface area contributed by atoms with Crippen molar-refractivity contribution in [2.24, 2.45) is 11.8 Å². The normalized spacial score (nSPS) is 27.8. The minimum atomic E-state index is 0.936. The molecule has 1 heterocycles. The van der Waals surface area contributed by atoms with E-state index in [-0.39, 0.29) is 0 Å². The third-order valence-corrected chi connectivity index (χ3v) is 8.06. The zero-order valence-corrected chi connectivity index (χ0v) is 20.7. The second kappa shape index (κ2) is 19.6. The Kier molecular flexibility index (Phi) is 17.2. The van der Waals surface area contributed by atoms with E-state index in [1.165, 1.54) is 161 Å². The highest BCUT2D eigenvalue weighted by atomic mass is 16.5. The molecule has 1 nitrogen and oxygen atoms in total. The van der Waals surface area contributed by atoms with E-state index >= 15 is 0 Å². The highest BCUT2D eigenvalue weighted by molar-refractivity contribution is 4.72. The van der Waals surface area contributed by atoms with Crippen LogP contribution in [0.5, 0.6) is 0 Å². The lowest BCUT2D eigenvalue weighted by Crippen LogP contribution is -2.18. The number of hydrogen-bond acceptors (Lipinski definition) is 1. The molecule has 1 heteroatoms. The van der Waals surface area contributed by atoms with E-state index in [1.54, 1.807) is 0 Å². The molecule has 1 aliphatic heterocycles. The van der Waals surface area contributed by atoms with E-state index in [0.717, 1.165) is 25.0 Å². The second-order valence-corrected chi connectivity index (χ2v) is 10.7. The van der Waals surface area contributed by atoms with Gasteiger partial charge < -0.3 is 4.74 Å². The van der Waals surface area contributed by atoms with Crippen molar-refractivity contribution < 1.29 is 4.74 Å². The quantitative estimate of drug-likeness (QED) is 0.410. The predicted molar refractivity (Wildman–Crippen MR) is 133 cm³/mol. The van der Waals surface area contributed by atoms with Gasteiger partial charge in [-0.1, -0.05) is 148 Å². The van der Waals surface area contributed by atoms with Gasteiger partial charge in [0.25, 0.3) is 0 Å². The van der Waals surface area contributed by atoms with Gasteiger partial charge in [0, 0.05) is 13.2 Å². The van der Waals surface area contributed by atoms with Crippen molar-refractivity contribution in [3.05, 3.63) is 0 Å². The third-order valence-electron chi connectivity index (χ3n) is 8.06. The first kappa shape index (κ1) is 26.2. The van der Waals surface area contributed by atoms with Crippen molar-refractivity contribution in [2.75, 3.05) is 13.2 Å². The molecule has 1 aliphatic carbocycles. The van der Waals surface area contributed by atoms with Crippen molar-refractivity contribution >= 4 is 0 Å². The van der Waals surface area contributed by atoms with Crippen molar-refractivity contribution in [3.63, 3.8) is 0 Å². The summed E-state index contributed by atoms with van der Waals surface area (Å²) in [5.41, 5.74) is 0. The molecule has 0 spiro atoms. The molecular formula is C29H56O. The van der Waals surface area contributed by atoms with Crippen LogP contribution < -0.4 is 0 Å². The van der Waals surface area contributed by atoms with Gasteiger partial charge in [-0.25, -0.2) is 0 Å². The summed E-state index contributed by atoms with van der Waals surface area (Å²) in [6.45, 7) is 2.04. The highest BCUT2D eigenvalue weighted by Gasteiger charge is 2.21. The van der Waals surface area contributed by atoms with E-state index in [2.05, 4.69) is 0 Å². The van der Waals surface area contributed by atoms with Crippen LogP contribution in [0.1, 0.15) is 161 Å². The number of ether oxygens (including phenoxy) is 1. The lowest BCUT2D eigenvalue weighted by molar-refractivity contribution is 0.100. The van der Waals surface area contributed by atoms with E-state index in [1.807, 2.05) is 0 Å². The van der Waals surface area contributed by atoms with Gasteiger partial charge in [0.15, 0.2) is 0 Å². The standard InChI is InChI=1S/C29H56O/c1-2-4-7-11-15-19-23-28(22-18-14-10-6-3-1)29-24-20-16-12-8-5-9-13-17-21-26-30-27-25-29/h28-29H,1-27H2. The molecule has 2 rings (SSSR count). The van der Waals surface area contributed by atoms with Crippen molar-refractivity contribution in [2.45, 2.75) is 161 Å². The SMILES string of the molecule is C1CCCCCCCC(C2CCCCCCCCCCCOCC2)CCCCCC1. The summed E-state index contributed by atoms with van der Waals surface area (Å²) < 4.78 is 6.11. The Morgan fingerprint density at radius 1 is 0.267 bits per heavy atom. The molecule has 30 heavy (non-hydrogen) atoms. The van der Waals surface area contributed by atoms with Gasteiger partial charge in [0.05, 0.1) is 0 Å². The molecule has 0 bridgehead atoms. The summed E-state index contributed by atoms with van der Waals surface area (Å²) in [5, 5.41) is 0. The fourth-order valence-electron chi connectivity index (χ4n) is 6.00. The average molecular weight is 421 g/mol. The zero-order chi connectivity index (χ0) is 21.0. The Labute approximate surface area is 190 Å². The van der Waals surface area contributed by atoms with Gasteiger partial charge in [0.2, 0.25) is 0 Å². The minimum absolute atomic E-state index is 0.936. The average Bonchev–Trinajstić information content (AvgIpc) is 2.77. The van der Waals surface area contributed by atoms with Crippen LogP contribution in [0.15, 0.2) is 0 Å². The summed E-state index contributed by atoms with van der Waals surface area (Å²) in [7, 11) is 0. The first-order valence-corrected chi connectivity index (χ1v) is 14.5. The Morgan fingerprint density at radius 3 is 0.967 bits per heavy atom. The Hall–Kier alpha value is -0.0400. The van der Waals surface area contributed by atoms with E-state index in [0.29, 0.717) is 0 Å². The molecule has 2 fully saturated rings. The molecule has 0 amide bonds. The molecule has 0 aromatic rings. The maximum Gasteiger partial charge on any atom is 0.0468 e. The van der Waals surface area contributed by atoms with Gasteiger partial charge in [-0.15, -0.1) is 0 Å².